The van der Waals surface area contributed by atoms with E-state index in [4.69, 9.17) is 5.11 Å². The number of aliphatic carboxylic acids is 1. The molecule has 0 aliphatic carbocycles. The van der Waals surface area contributed by atoms with Crippen LogP contribution in [0.5, 0.6) is 0 Å². The summed E-state index contributed by atoms with van der Waals surface area (Å²) in [6.07, 6.45) is -0.475. The monoisotopic (exact) mass is 146 g/mol. The third-order valence-electron chi connectivity index (χ3n) is 1.01. The van der Waals surface area contributed by atoms with Crippen LogP contribution in [0.15, 0.2) is 0 Å². The van der Waals surface area contributed by atoms with Gasteiger partial charge >= 0.3 is 5.97 Å². The molecule has 0 radical (unpaired) electrons. The van der Waals surface area contributed by atoms with E-state index in [1.807, 2.05) is 0 Å². The van der Waals surface area contributed by atoms with Gasteiger partial charge < -0.3 is 5.11 Å². The highest BCUT2D eigenvalue weighted by Crippen LogP contribution is 1.84. The lowest BCUT2D eigenvalue weighted by molar-refractivity contribution is -0.144. The molecule has 0 rings (SSSR count). The van der Waals surface area contributed by atoms with E-state index in [0.29, 0.717) is 0 Å². The molecular weight excluding hydrogens is 136 g/mol. The molecule has 58 valence electrons. The van der Waals surface area contributed by atoms with E-state index in [-0.39, 0.29) is 0 Å². The van der Waals surface area contributed by atoms with Crippen molar-refractivity contribution >= 4 is 11.9 Å². The van der Waals surface area contributed by atoms with Crippen LogP contribution in [0.2, 0.25) is 0 Å². The molecule has 0 unspecified atom stereocenters. The maximum Gasteiger partial charge on any atom is 0.312 e. The van der Waals surface area contributed by atoms with E-state index in [0.717, 1.165) is 5.01 Å². The van der Waals surface area contributed by atoms with Crippen LogP contribution in [0.1, 0.15) is 6.42 Å². The largest absolute Gasteiger partial charge is 0.481 e. The quantitative estimate of drug-likeness (QED) is 0.398. The molecule has 0 aromatic heterocycles. The summed E-state index contributed by atoms with van der Waals surface area (Å²) in [6.45, 7) is 0. The van der Waals surface area contributed by atoms with Crippen molar-refractivity contribution in [3.8, 4) is 0 Å². The van der Waals surface area contributed by atoms with Gasteiger partial charge in [0.25, 0.3) is 0 Å². The molecule has 2 N–H and O–H groups in total. The Morgan fingerprint density at radius 2 is 2.10 bits per heavy atom. The smallest absolute Gasteiger partial charge is 0.312 e. The van der Waals surface area contributed by atoms with Crippen LogP contribution < -0.4 is 5.43 Å². The highest BCUT2D eigenvalue weighted by molar-refractivity contribution is 5.92. The molecular formula is C5H10N2O3. The summed E-state index contributed by atoms with van der Waals surface area (Å²) < 4.78 is 0. The zero-order valence-corrected chi connectivity index (χ0v) is 5.92. The summed E-state index contributed by atoms with van der Waals surface area (Å²) in [5.41, 5.74) is 2.49. The number of nitrogens with one attached hydrogen (secondary N) is 1. The molecule has 0 aliphatic rings. The fraction of sp³-hybridized carbons (Fsp3) is 0.600. The average molecular weight is 146 g/mol. The lowest BCUT2D eigenvalue weighted by Gasteiger charge is -2.12. The van der Waals surface area contributed by atoms with Gasteiger partial charge in [0.05, 0.1) is 0 Å². The Kier molecular flexibility index (Phi) is 3.42. The minimum Gasteiger partial charge on any atom is -0.481 e. The summed E-state index contributed by atoms with van der Waals surface area (Å²) >= 11 is 0. The van der Waals surface area contributed by atoms with Crippen LogP contribution in [0.3, 0.4) is 0 Å². The standard InChI is InChI=1S/C5H10N2O3/c1-6-7(2)4(8)3-5(9)10/h6H,3H2,1-2H3,(H,9,10). The third-order valence-corrected chi connectivity index (χ3v) is 1.01. The Morgan fingerprint density at radius 1 is 1.60 bits per heavy atom. The number of hydrogen-bond acceptors (Lipinski definition) is 3. The van der Waals surface area contributed by atoms with Crippen LogP contribution in [-0.4, -0.2) is 36.1 Å². The lowest BCUT2D eigenvalue weighted by Crippen LogP contribution is -2.37. The SMILES string of the molecule is CNN(C)C(=O)CC(=O)O. The minimum atomic E-state index is -1.12. The Bertz CT molecular complexity index is 146. The fourth-order valence-electron chi connectivity index (χ4n) is 0.373. The Balaban J connectivity index is 3.73. The van der Waals surface area contributed by atoms with Gasteiger partial charge in [-0.05, 0) is 0 Å². The van der Waals surface area contributed by atoms with Crippen molar-refractivity contribution in [1.29, 1.82) is 0 Å². The van der Waals surface area contributed by atoms with Gasteiger partial charge in [-0.2, -0.15) is 0 Å². The van der Waals surface area contributed by atoms with Crippen LogP contribution >= 0.6 is 0 Å². The topological polar surface area (TPSA) is 69.6 Å². The Morgan fingerprint density at radius 3 is 2.40 bits per heavy atom. The van der Waals surface area contributed by atoms with Crippen LogP contribution in [0.4, 0.5) is 0 Å². The van der Waals surface area contributed by atoms with Crippen molar-refractivity contribution in [2.45, 2.75) is 6.42 Å². The van der Waals surface area contributed by atoms with E-state index >= 15 is 0 Å². The van der Waals surface area contributed by atoms with Crippen molar-refractivity contribution < 1.29 is 14.7 Å². The van der Waals surface area contributed by atoms with E-state index in [9.17, 15) is 9.59 Å². The first-order valence-corrected chi connectivity index (χ1v) is 2.73. The Labute approximate surface area is 58.6 Å². The first-order chi connectivity index (χ1) is 4.57. The molecule has 0 spiro atoms. The second kappa shape index (κ2) is 3.84. The Hall–Kier alpha value is -1.10. The molecule has 1 amide bonds. The predicted octanol–water partition coefficient (Wildman–Crippen LogP) is -0.946. The second-order valence-electron chi connectivity index (χ2n) is 1.75. The summed E-state index contributed by atoms with van der Waals surface area (Å²) in [7, 11) is 3.00. The number of amides is 1. The number of carbonyl (C=O) groups is 2. The molecule has 10 heavy (non-hydrogen) atoms. The zero-order valence-electron chi connectivity index (χ0n) is 5.92. The summed E-state index contributed by atoms with van der Waals surface area (Å²) in [5, 5.41) is 9.27. The van der Waals surface area contributed by atoms with Crippen LogP contribution in [0.25, 0.3) is 0 Å². The molecule has 0 saturated heterocycles. The fourth-order valence-corrected chi connectivity index (χ4v) is 0.373. The lowest BCUT2D eigenvalue weighted by atomic mass is 10.4. The van der Waals surface area contributed by atoms with Gasteiger partial charge in [0, 0.05) is 14.1 Å². The van der Waals surface area contributed by atoms with Crippen molar-refractivity contribution in [2.75, 3.05) is 14.1 Å². The average Bonchev–Trinajstić information content (AvgIpc) is 1.85. The molecule has 0 aromatic rings. The number of nitrogens with zero attached hydrogens (tertiary/aromatic N) is 1. The highest BCUT2D eigenvalue weighted by Gasteiger charge is 2.10. The van der Waals surface area contributed by atoms with Crippen LogP contribution in [-0.2, 0) is 9.59 Å². The molecule has 0 bridgehead atoms. The molecule has 0 heterocycles. The number of hydrazine groups is 1. The van der Waals surface area contributed by atoms with E-state index in [2.05, 4.69) is 5.43 Å². The van der Waals surface area contributed by atoms with E-state index in [1.54, 1.807) is 7.05 Å². The maximum atomic E-state index is 10.7. The van der Waals surface area contributed by atoms with Crippen molar-refractivity contribution in [2.24, 2.45) is 0 Å². The number of carboxylic acid groups (broad SMARTS) is 1. The van der Waals surface area contributed by atoms with Gasteiger partial charge in [-0.3, -0.25) is 14.6 Å². The summed E-state index contributed by atoms with van der Waals surface area (Å²) in [6, 6.07) is 0. The number of carbonyl (C=O) groups excluding carboxylic acids is 1. The third kappa shape index (κ3) is 3.03. The molecule has 0 aliphatic heterocycles. The van der Waals surface area contributed by atoms with Crippen molar-refractivity contribution in [3.05, 3.63) is 0 Å². The molecule has 0 aromatic carbocycles. The number of rotatable bonds is 3. The van der Waals surface area contributed by atoms with Crippen molar-refractivity contribution in [3.63, 3.8) is 0 Å². The molecule has 5 heteroatoms. The second-order valence-corrected chi connectivity index (χ2v) is 1.75. The molecule has 0 fully saturated rings. The normalized spacial score (nSPS) is 9.00. The minimum absolute atomic E-state index is 0.463. The highest BCUT2D eigenvalue weighted by atomic mass is 16.4. The van der Waals surface area contributed by atoms with Gasteiger partial charge in [-0.15, -0.1) is 0 Å². The predicted molar refractivity (Wildman–Crippen MR) is 34.1 cm³/mol. The van der Waals surface area contributed by atoms with Gasteiger partial charge in [-0.1, -0.05) is 0 Å². The number of carboxylic acids is 1. The molecule has 0 atom stereocenters. The van der Waals surface area contributed by atoms with Gasteiger partial charge in [0.2, 0.25) is 5.91 Å². The van der Waals surface area contributed by atoms with Gasteiger partial charge in [0.1, 0.15) is 6.42 Å². The summed E-state index contributed by atoms with van der Waals surface area (Å²) in [4.78, 5) is 20.6. The summed E-state index contributed by atoms with van der Waals surface area (Å²) in [5.74, 6) is -1.58. The van der Waals surface area contributed by atoms with Gasteiger partial charge in [0.15, 0.2) is 0 Å². The first-order valence-electron chi connectivity index (χ1n) is 2.73. The maximum absolute atomic E-state index is 10.7. The van der Waals surface area contributed by atoms with E-state index < -0.39 is 18.3 Å². The molecule has 5 nitrogen and oxygen atoms in total. The van der Waals surface area contributed by atoms with Crippen LogP contribution in [0, 0.1) is 0 Å². The van der Waals surface area contributed by atoms with Crippen molar-refractivity contribution in [1.82, 2.24) is 10.4 Å². The zero-order chi connectivity index (χ0) is 8.15. The van der Waals surface area contributed by atoms with Gasteiger partial charge in [-0.25, -0.2) is 5.43 Å². The van der Waals surface area contributed by atoms with E-state index in [1.165, 1.54) is 7.05 Å². The number of hydrogen-bond donors (Lipinski definition) is 2. The first kappa shape index (κ1) is 8.90. The molecule has 0 saturated carbocycles.